The maximum absolute atomic E-state index is 13.8. The van der Waals surface area contributed by atoms with Crippen molar-refractivity contribution in [1.29, 1.82) is 0 Å². The summed E-state index contributed by atoms with van der Waals surface area (Å²) in [6, 6.07) is 7.01. The lowest BCUT2D eigenvalue weighted by Gasteiger charge is -2.10. The Balaban J connectivity index is 2.31. The van der Waals surface area contributed by atoms with Crippen LogP contribution >= 0.6 is 31.9 Å². The fraction of sp³-hybridized carbons (Fsp3) is 0.0714. The van der Waals surface area contributed by atoms with Gasteiger partial charge in [0.15, 0.2) is 0 Å². The van der Waals surface area contributed by atoms with E-state index in [-0.39, 0.29) is 11.3 Å². The second-order valence-electron chi connectivity index (χ2n) is 4.16. The predicted molar refractivity (Wildman–Crippen MR) is 80.9 cm³/mol. The molecule has 0 aliphatic carbocycles. The van der Waals surface area contributed by atoms with Crippen LogP contribution in [0.5, 0.6) is 0 Å². The molecule has 104 valence electrons. The van der Waals surface area contributed by atoms with Crippen molar-refractivity contribution in [3.05, 3.63) is 62.0 Å². The van der Waals surface area contributed by atoms with Gasteiger partial charge < -0.3 is 5.32 Å². The number of nitrogens with one attached hydrogen (secondary N) is 1. The molecule has 0 aliphatic rings. The van der Waals surface area contributed by atoms with Crippen molar-refractivity contribution in [1.82, 2.24) is 0 Å². The van der Waals surface area contributed by atoms with Crippen LogP contribution in [0.15, 0.2) is 39.3 Å². The minimum atomic E-state index is -0.632. The Hall–Kier alpha value is -1.27. The molecule has 2 nitrogen and oxygen atoms in total. The first-order chi connectivity index (χ1) is 9.38. The second kappa shape index (κ2) is 6.01. The first-order valence-electron chi connectivity index (χ1n) is 5.60. The number of carbonyl (C=O) groups is 1. The summed E-state index contributed by atoms with van der Waals surface area (Å²) in [4.78, 5) is 12.1. The smallest absolute Gasteiger partial charge is 0.258 e. The van der Waals surface area contributed by atoms with E-state index < -0.39 is 17.5 Å². The maximum Gasteiger partial charge on any atom is 0.258 e. The zero-order valence-corrected chi connectivity index (χ0v) is 13.5. The van der Waals surface area contributed by atoms with Gasteiger partial charge in [-0.3, -0.25) is 4.79 Å². The molecule has 1 N–H and O–H groups in total. The molecule has 2 aromatic rings. The van der Waals surface area contributed by atoms with Crippen LogP contribution in [0, 0.1) is 18.6 Å². The Morgan fingerprint density at radius 1 is 1.10 bits per heavy atom. The van der Waals surface area contributed by atoms with Crippen molar-refractivity contribution >= 4 is 43.5 Å². The predicted octanol–water partition coefficient (Wildman–Crippen LogP) is 5.05. The molecule has 0 heterocycles. The molecule has 0 fully saturated rings. The fourth-order valence-corrected chi connectivity index (χ4v) is 2.55. The van der Waals surface area contributed by atoms with E-state index in [4.69, 9.17) is 0 Å². The molecule has 6 heteroatoms. The van der Waals surface area contributed by atoms with E-state index in [9.17, 15) is 13.6 Å². The SMILES string of the molecule is Cc1cc(Br)cc(F)c1C(=O)Nc1ccc(Br)c(F)c1. The summed E-state index contributed by atoms with van der Waals surface area (Å²) in [7, 11) is 0. The molecular formula is C14H9Br2F2NO. The number of hydrogen-bond acceptors (Lipinski definition) is 1. The van der Waals surface area contributed by atoms with Gasteiger partial charge in [0.1, 0.15) is 11.6 Å². The number of carbonyl (C=O) groups excluding carboxylic acids is 1. The van der Waals surface area contributed by atoms with E-state index in [2.05, 4.69) is 37.2 Å². The van der Waals surface area contributed by atoms with Crippen molar-refractivity contribution in [3.8, 4) is 0 Å². The number of rotatable bonds is 2. The largest absolute Gasteiger partial charge is 0.322 e. The first kappa shape index (κ1) is 15.1. The van der Waals surface area contributed by atoms with Gasteiger partial charge in [-0.15, -0.1) is 0 Å². The first-order valence-corrected chi connectivity index (χ1v) is 7.19. The van der Waals surface area contributed by atoms with E-state index in [0.717, 1.165) is 6.07 Å². The number of aryl methyl sites for hydroxylation is 1. The third kappa shape index (κ3) is 3.24. The molecule has 0 aliphatic heterocycles. The molecule has 2 aromatic carbocycles. The van der Waals surface area contributed by atoms with Crippen molar-refractivity contribution in [3.63, 3.8) is 0 Å². The molecule has 2 rings (SSSR count). The highest BCUT2D eigenvalue weighted by atomic mass is 79.9. The van der Waals surface area contributed by atoms with Crippen LogP contribution in [0.2, 0.25) is 0 Å². The van der Waals surface area contributed by atoms with Crippen molar-refractivity contribution in [2.24, 2.45) is 0 Å². The average Bonchev–Trinajstić information content (AvgIpc) is 2.32. The summed E-state index contributed by atoms with van der Waals surface area (Å²) in [5.74, 6) is -1.75. The average molecular weight is 405 g/mol. The van der Waals surface area contributed by atoms with E-state index in [1.165, 1.54) is 18.2 Å². The molecule has 0 atom stereocenters. The van der Waals surface area contributed by atoms with Gasteiger partial charge >= 0.3 is 0 Å². The van der Waals surface area contributed by atoms with E-state index in [1.807, 2.05) is 0 Å². The molecular weight excluding hydrogens is 396 g/mol. The molecule has 0 unspecified atom stereocenters. The molecule has 0 spiro atoms. The quantitative estimate of drug-likeness (QED) is 0.745. The van der Waals surface area contributed by atoms with Gasteiger partial charge in [-0.05, 0) is 58.7 Å². The summed E-state index contributed by atoms with van der Waals surface area (Å²) in [6.45, 7) is 1.63. The number of hydrogen-bond donors (Lipinski definition) is 1. The lowest BCUT2D eigenvalue weighted by atomic mass is 10.1. The Kier molecular flexibility index (Phi) is 4.55. The summed E-state index contributed by atoms with van der Waals surface area (Å²) < 4.78 is 28.0. The number of amides is 1. The van der Waals surface area contributed by atoms with Gasteiger partial charge in [-0.2, -0.15) is 0 Å². The molecule has 1 amide bonds. The van der Waals surface area contributed by atoms with Gasteiger partial charge in [0, 0.05) is 10.2 Å². The molecule has 0 saturated heterocycles. The van der Waals surface area contributed by atoms with Gasteiger partial charge in [-0.1, -0.05) is 15.9 Å². The zero-order chi connectivity index (χ0) is 14.9. The van der Waals surface area contributed by atoms with Crippen molar-refractivity contribution in [2.45, 2.75) is 6.92 Å². The van der Waals surface area contributed by atoms with Gasteiger partial charge in [0.2, 0.25) is 0 Å². The highest BCUT2D eigenvalue weighted by Crippen LogP contribution is 2.23. The number of benzene rings is 2. The van der Waals surface area contributed by atoms with Crippen molar-refractivity contribution in [2.75, 3.05) is 5.32 Å². The van der Waals surface area contributed by atoms with Crippen LogP contribution in [0.4, 0.5) is 14.5 Å². The summed E-state index contributed by atoms with van der Waals surface area (Å²) in [5, 5.41) is 2.47. The Labute approximate surface area is 131 Å². The highest BCUT2D eigenvalue weighted by Gasteiger charge is 2.16. The standard InChI is InChI=1S/C14H9Br2F2NO/c1-7-4-8(15)5-12(18)13(7)14(20)19-9-2-3-10(16)11(17)6-9/h2-6H,1H3,(H,19,20). The lowest BCUT2D eigenvalue weighted by molar-refractivity contribution is 0.102. The van der Waals surface area contributed by atoms with Crippen LogP contribution in [-0.4, -0.2) is 5.91 Å². The minimum absolute atomic E-state index is 0.0588. The summed E-state index contributed by atoms with van der Waals surface area (Å²) in [5.41, 5.74) is 0.695. The van der Waals surface area contributed by atoms with Gasteiger partial charge in [0.25, 0.3) is 5.91 Å². The zero-order valence-electron chi connectivity index (χ0n) is 10.3. The van der Waals surface area contributed by atoms with Gasteiger partial charge in [0.05, 0.1) is 10.0 Å². The number of halogens is 4. The Morgan fingerprint density at radius 3 is 2.40 bits per heavy atom. The molecule has 0 bridgehead atoms. The summed E-state index contributed by atoms with van der Waals surface area (Å²) >= 11 is 6.17. The Morgan fingerprint density at radius 2 is 1.80 bits per heavy atom. The lowest BCUT2D eigenvalue weighted by Crippen LogP contribution is -2.15. The number of anilines is 1. The van der Waals surface area contributed by atoms with Crippen molar-refractivity contribution < 1.29 is 13.6 Å². The molecule has 0 radical (unpaired) electrons. The van der Waals surface area contributed by atoms with Crippen LogP contribution < -0.4 is 5.32 Å². The van der Waals surface area contributed by atoms with Gasteiger partial charge in [-0.25, -0.2) is 8.78 Å². The minimum Gasteiger partial charge on any atom is -0.322 e. The molecule has 0 saturated carbocycles. The van der Waals surface area contributed by atoms with Crippen LogP contribution in [0.25, 0.3) is 0 Å². The third-order valence-corrected chi connectivity index (χ3v) is 3.76. The van der Waals surface area contributed by atoms with Crippen LogP contribution in [0.3, 0.4) is 0 Å². The highest BCUT2D eigenvalue weighted by molar-refractivity contribution is 9.10. The normalized spacial score (nSPS) is 10.4. The molecule has 20 heavy (non-hydrogen) atoms. The maximum atomic E-state index is 13.8. The fourth-order valence-electron chi connectivity index (χ4n) is 1.76. The van der Waals surface area contributed by atoms with Crippen LogP contribution in [-0.2, 0) is 0 Å². The Bertz CT molecular complexity index is 666. The monoisotopic (exact) mass is 403 g/mol. The van der Waals surface area contributed by atoms with Crippen LogP contribution in [0.1, 0.15) is 15.9 Å². The van der Waals surface area contributed by atoms with E-state index in [0.29, 0.717) is 14.5 Å². The topological polar surface area (TPSA) is 29.1 Å². The third-order valence-electron chi connectivity index (χ3n) is 2.66. The van der Waals surface area contributed by atoms with E-state index in [1.54, 1.807) is 13.0 Å². The van der Waals surface area contributed by atoms with E-state index >= 15 is 0 Å². The second-order valence-corrected chi connectivity index (χ2v) is 5.93. The summed E-state index contributed by atoms with van der Waals surface area (Å²) in [6.07, 6.45) is 0. The molecule has 0 aromatic heterocycles.